The third-order valence-corrected chi connectivity index (χ3v) is 6.58. The maximum Gasteiger partial charge on any atom is 0.401 e. The Bertz CT molecular complexity index is 1460. The SMILES string of the molecule is CC1CCN(c2cc(-c3ccccc3O)nnc2N)CCN1c1ccc(C#N)c(C#CCN(C)CC(F)(F)F)n1. The maximum absolute atomic E-state index is 12.6. The molecule has 3 aromatic rings. The average molecular weight is 551 g/mol. The van der Waals surface area contributed by atoms with Crippen molar-refractivity contribution in [2.45, 2.75) is 25.6 Å². The van der Waals surface area contributed by atoms with E-state index < -0.39 is 12.7 Å². The average Bonchev–Trinajstić information content (AvgIpc) is 3.10. The molecule has 1 aromatic carbocycles. The summed E-state index contributed by atoms with van der Waals surface area (Å²) in [4.78, 5) is 9.88. The first-order valence-electron chi connectivity index (χ1n) is 12.6. The molecule has 3 N–H and O–H groups in total. The van der Waals surface area contributed by atoms with Crippen LogP contribution in [0.25, 0.3) is 11.3 Å². The third-order valence-electron chi connectivity index (χ3n) is 6.58. The molecule has 0 saturated carbocycles. The number of alkyl halides is 3. The van der Waals surface area contributed by atoms with E-state index >= 15 is 0 Å². The summed E-state index contributed by atoms with van der Waals surface area (Å²) in [6, 6.07) is 14.2. The number of hydrogen-bond acceptors (Lipinski definition) is 9. The molecule has 9 nitrogen and oxygen atoms in total. The van der Waals surface area contributed by atoms with Crippen LogP contribution < -0.4 is 15.5 Å². The Balaban J connectivity index is 1.54. The van der Waals surface area contributed by atoms with Gasteiger partial charge in [0.1, 0.15) is 23.3 Å². The molecular weight excluding hydrogens is 521 g/mol. The number of anilines is 3. The number of hydrogen-bond donors (Lipinski definition) is 2. The van der Waals surface area contributed by atoms with Gasteiger partial charge >= 0.3 is 6.18 Å². The minimum Gasteiger partial charge on any atom is -0.507 e. The molecule has 0 spiro atoms. The van der Waals surface area contributed by atoms with Crippen molar-refractivity contribution >= 4 is 17.3 Å². The van der Waals surface area contributed by atoms with Crippen molar-refractivity contribution in [2.24, 2.45) is 0 Å². The Morgan fingerprint density at radius 1 is 1.15 bits per heavy atom. The lowest BCUT2D eigenvalue weighted by Gasteiger charge is -2.28. The smallest absolute Gasteiger partial charge is 0.401 e. The maximum atomic E-state index is 12.6. The Kier molecular flexibility index (Phi) is 8.61. The van der Waals surface area contributed by atoms with Gasteiger partial charge in [0.15, 0.2) is 5.82 Å². The first-order valence-corrected chi connectivity index (χ1v) is 12.6. The number of nitrogen functional groups attached to an aromatic ring is 1. The number of nitrogens with zero attached hydrogens (tertiary/aromatic N) is 7. The standard InChI is InChI=1S/C28H29F3N8O/c1-19-11-13-38(24-16-23(35-36-27(24)33)21-6-3-4-8-25(21)40)14-15-39(19)26-10-9-20(17-32)22(34-26)7-5-12-37(2)18-28(29,30)31/h3-4,6,8-10,16,19,40H,11-15,18H2,1-2H3,(H2,33,36). The number of nitriles is 1. The number of phenols is 1. The van der Waals surface area contributed by atoms with E-state index in [4.69, 9.17) is 5.73 Å². The van der Waals surface area contributed by atoms with E-state index in [0.29, 0.717) is 42.4 Å². The zero-order chi connectivity index (χ0) is 28.9. The number of nitrogens with two attached hydrogens (primary N) is 1. The van der Waals surface area contributed by atoms with E-state index in [9.17, 15) is 23.5 Å². The molecule has 1 aliphatic heterocycles. The van der Waals surface area contributed by atoms with E-state index in [1.54, 1.807) is 30.3 Å². The summed E-state index contributed by atoms with van der Waals surface area (Å²) in [5.74, 6) is 6.48. The first-order chi connectivity index (χ1) is 19.1. The largest absolute Gasteiger partial charge is 0.507 e. The molecule has 12 heteroatoms. The zero-order valence-corrected chi connectivity index (χ0v) is 22.2. The summed E-state index contributed by atoms with van der Waals surface area (Å²) in [5, 5.41) is 28.1. The number of aromatic nitrogens is 3. The zero-order valence-electron chi connectivity index (χ0n) is 22.2. The van der Waals surface area contributed by atoms with Crippen LogP contribution in [0.4, 0.5) is 30.5 Å². The second-order valence-electron chi connectivity index (χ2n) is 9.60. The lowest BCUT2D eigenvalue weighted by atomic mass is 10.1. The summed E-state index contributed by atoms with van der Waals surface area (Å²) in [6.45, 7) is 2.73. The van der Waals surface area contributed by atoms with Crippen molar-refractivity contribution < 1.29 is 18.3 Å². The van der Waals surface area contributed by atoms with Crippen LogP contribution in [-0.2, 0) is 0 Å². The van der Waals surface area contributed by atoms with Crippen molar-refractivity contribution in [3.63, 3.8) is 0 Å². The summed E-state index contributed by atoms with van der Waals surface area (Å²) in [6.07, 6.45) is -3.55. The Hall–Kier alpha value is -4.55. The van der Waals surface area contributed by atoms with Crippen molar-refractivity contribution in [1.29, 1.82) is 5.26 Å². The number of aromatic hydroxyl groups is 1. The second kappa shape index (κ2) is 12.1. The highest BCUT2D eigenvalue weighted by molar-refractivity contribution is 5.74. The van der Waals surface area contributed by atoms with Gasteiger partial charge in [-0.15, -0.1) is 10.2 Å². The molecule has 0 bridgehead atoms. The Labute approximate surface area is 230 Å². The molecule has 208 valence electrons. The monoisotopic (exact) mass is 550 g/mol. The highest BCUT2D eigenvalue weighted by Gasteiger charge is 2.29. The van der Waals surface area contributed by atoms with E-state index in [1.165, 1.54) is 7.05 Å². The number of para-hydroxylation sites is 1. The van der Waals surface area contributed by atoms with Gasteiger partial charge in [0, 0.05) is 31.2 Å². The van der Waals surface area contributed by atoms with Crippen LogP contribution in [0, 0.1) is 23.2 Å². The molecule has 1 atom stereocenters. The molecule has 40 heavy (non-hydrogen) atoms. The second-order valence-corrected chi connectivity index (χ2v) is 9.60. The molecular formula is C28H29F3N8O. The van der Waals surface area contributed by atoms with Crippen LogP contribution in [0.5, 0.6) is 5.75 Å². The lowest BCUT2D eigenvalue weighted by Crippen LogP contribution is -2.35. The quantitative estimate of drug-likeness (QED) is 0.459. The van der Waals surface area contributed by atoms with Crippen LogP contribution in [-0.4, -0.2) is 77.2 Å². The van der Waals surface area contributed by atoms with Gasteiger partial charge in [0.05, 0.1) is 30.0 Å². The molecule has 1 saturated heterocycles. The minimum absolute atomic E-state index is 0.0813. The highest BCUT2D eigenvalue weighted by Crippen LogP contribution is 2.32. The van der Waals surface area contributed by atoms with Crippen LogP contribution in [0.3, 0.4) is 0 Å². The fraction of sp³-hybridized carbons (Fsp3) is 0.357. The van der Waals surface area contributed by atoms with Gasteiger partial charge in [0.25, 0.3) is 0 Å². The molecule has 0 aliphatic carbocycles. The van der Waals surface area contributed by atoms with Crippen LogP contribution in [0.2, 0.25) is 0 Å². The van der Waals surface area contributed by atoms with Gasteiger partial charge in [-0.05, 0) is 56.6 Å². The molecule has 1 aliphatic rings. The van der Waals surface area contributed by atoms with E-state index in [2.05, 4.69) is 49.8 Å². The topological polar surface area (TPSA) is 118 Å². The van der Waals surface area contributed by atoms with Crippen LogP contribution >= 0.6 is 0 Å². The predicted molar refractivity (Wildman–Crippen MR) is 147 cm³/mol. The van der Waals surface area contributed by atoms with E-state index in [1.807, 2.05) is 12.1 Å². The first kappa shape index (κ1) is 28.5. The van der Waals surface area contributed by atoms with E-state index in [0.717, 1.165) is 11.3 Å². The van der Waals surface area contributed by atoms with Crippen molar-refractivity contribution in [1.82, 2.24) is 20.1 Å². The molecule has 1 fully saturated rings. The summed E-state index contributed by atoms with van der Waals surface area (Å²) >= 11 is 0. The molecule has 1 unspecified atom stereocenters. The number of pyridine rings is 1. The van der Waals surface area contributed by atoms with Gasteiger partial charge in [0.2, 0.25) is 0 Å². The number of benzene rings is 1. The van der Waals surface area contributed by atoms with Gasteiger partial charge in [-0.2, -0.15) is 18.4 Å². The molecule has 0 amide bonds. The Morgan fingerprint density at radius 2 is 1.93 bits per heavy atom. The van der Waals surface area contributed by atoms with Crippen molar-refractivity contribution in [3.8, 4) is 34.9 Å². The Morgan fingerprint density at radius 3 is 2.65 bits per heavy atom. The lowest BCUT2D eigenvalue weighted by molar-refractivity contribution is -0.141. The third kappa shape index (κ3) is 6.90. The van der Waals surface area contributed by atoms with Crippen molar-refractivity contribution in [3.05, 3.63) is 53.7 Å². The fourth-order valence-electron chi connectivity index (χ4n) is 4.52. The minimum atomic E-state index is -4.31. The number of rotatable bonds is 5. The van der Waals surface area contributed by atoms with Gasteiger partial charge in [-0.1, -0.05) is 18.1 Å². The van der Waals surface area contributed by atoms with Gasteiger partial charge in [-0.3, -0.25) is 4.90 Å². The predicted octanol–water partition coefficient (Wildman–Crippen LogP) is 3.65. The normalized spacial score (nSPS) is 15.8. The number of phenolic OH excluding ortho intramolecular Hbond substituents is 1. The fourth-order valence-corrected chi connectivity index (χ4v) is 4.52. The van der Waals surface area contributed by atoms with E-state index in [-0.39, 0.29) is 35.4 Å². The van der Waals surface area contributed by atoms with Crippen molar-refractivity contribution in [2.75, 3.05) is 55.3 Å². The summed E-state index contributed by atoms with van der Waals surface area (Å²) in [7, 11) is 1.33. The molecule has 3 heterocycles. The van der Waals surface area contributed by atoms with Crippen LogP contribution in [0.15, 0.2) is 42.5 Å². The van der Waals surface area contributed by atoms with Gasteiger partial charge < -0.3 is 20.6 Å². The van der Waals surface area contributed by atoms with Gasteiger partial charge in [-0.25, -0.2) is 4.98 Å². The summed E-state index contributed by atoms with van der Waals surface area (Å²) in [5.41, 5.74) is 8.46. The highest BCUT2D eigenvalue weighted by atomic mass is 19.4. The molecule has 0 radical (unpaired) electrons. The molecule has 2 aromatic heterocycles. The van der Waals surface area contributed by atoms with Crippen LogP contribution in [0.1, 0.15) is 24.6 Å². The molecule has 4 rings (SSSR count). The number of halogens is 3. The summed E-state index contributed by atoms with van der Waals surface area (Å²) < 4.78 is 37.8.